The minimum atomic E-state index is -3.43. The van der Waals surface area contributed by atoms with E-state index in [-0.39, 0.29) is 0 Å². The van der Waals surface area contributed by atoms with Gasteiger partial charge < -0.3 is 0 Å². The Kier molecular flexibility index (Phi) is 7.40. The van der Waals surface area contributed by atoms with Crippen molar-refractivity contribution in [2.75, 3.05) is 0 Å². The summed E-state index contributed by atoms with van der Waals surface area (Å²) >= 11 is 0. The van der Waals surface area contributed by atoms with Crippen LogP contribution in [-0.2, 0) is 16.3 Å². The summed E-state index contributed by atoms with van der Waals surface area (Å²) in [6.45, 7) is 6.19. The maximum atomic E-state index is 13.2. The smallest absolute Gasteiger partial charge is 0.185 e. The van der Waals surface area contributed by atoms with Crippen LogP contribution in [0.1, 0.15) is 39.2 Å². The molecule has 0 aromatic heterocycles. The van der Waals surface area contributed by atoms with Gasteiger partial charge in [-0.2, -0.15) is 0 Å². The Bertz CT molecular complexity index is 844. The van der Waals surface area contributed by atoms with Crippen molar-refractivity contribution in [2.45, 2.75) is 50.2 Å². The van der Waals surface area contributed by atoms with Gasteiger partial charge in [0.25, 0.3) is 0 Å². The lowest BCUT2D eigenvalue weighted by atomic mass is 10.1. The Morgan fingerprint density at radius 3 is 2.08 bits per heavy atom. The van der Waals surface area contributed by atoms with E-state index >= 15 is 0 Å². The zero-order chi connectivity index (χ0) is 19.0. The van der Waals surface area contributed by atoms with Crippen LogP contribution in [0.4, 0.5) is 0 Å². The van der Waals surface area contributed by atoms with Gasteiger partial charge in [0.2, 0.25) is 0 Å². The van der Waals surface area contributed by atoms with Crippen LogP contribution in [0.25, 0.3) is 0 Å². The van der Waals surface area contributed by atoms with Crippen LogP contribution >= 0.6 is 0 Å². The van der Waals surface area contributed by atoms with Gasteiger partial charge in [-0.25, -0.2) is 8.42 Å². The van der Waals surface area contributed by atoms with Crippen LogP contribution in [0.15, 0.2) is 88.9 Å². The summed E-state index contributed by atoms with van der Waals surface area (Å²) in [6, 6.07) is 18.6. The molecular formula is C23H28O2S. The second-order valence-corrected chi connectivity index (χ2v) is 9.09. The summed E-state index contributed by atoms with van der Waals surface area (Å²) in [4.78, 5) is 0.384. The Morgan fingerprint density at radius 1 is 0.923 bits per heavy atom. The Labute approximate surface area is 158 Å². The van der Waals surface area contributed by atoms with Gasteiger partial charge in [0, 0.05) is 0 Å². The second-order valence-electron chi connectivity index (χ2n) is 6.92. The highest BCUT2D eigenvalue weighted by atomic mass is 32.2. The summed E-state index contributed by atoms with van der Waals surface area (Å²) in [7, 11) is -3.43. The first-order chi connectivity index (χ1) is 12.4. The van der Waals surface area contributed by atoms with E-state index in [2.05, 4.69) is 19.9 Å². The molecule has 0 heterocycles. The second kappa shape index (κ2) is 9.54. The van der Waals surface area contributed by atoms with Crippen molar-refractivity contribution < 1.29 is 8.42 Å². The minimum absolute atomic E-state index is 0.384. The van der Waals surface area contributed by atoms with Gasteiger partial charge in [0.15, 0.2) is 9.84 Å². The standard InChI is InChI=1S/C23H28O2S/c1-19(2)11-10-12-20(3)17-23(18-21-13-6-4-7-14-21)26(24,25)22-15-8-5-9-16-22/h4-9,11,13-17,23H,10,12,18H2,1-3H3/b20-17+. The highest BCUT2D eigenvalue weighted by Crippen LogP contribution is 2.22. The van der Waals surface area contributed by atoms with E-state index in [9.17, 15) is 8.42 Å². The third-order valence-electron chi connectivity index (χ3n) is 4.31. The lowest BCUT2D eigenvalue weighted by Crippen LogP contribution is -2.22. The zero-order valence-corrected chi connectivity index (χ0v) is 16.7. The molecule has 0 N–H and O–H groups in total. The minimum Gasteiger partial charge on any atom is -0.223 e. The predicted molar refractivity (Wildman–Crippen MR) is 110 cm³/mol. The molecule has 0 saturated carbocycles. The van der Waals surface area contributed by atoms with Crippen molar-refractivity contribution in [1.82, 2.24) is 0 Å². The van der Waals surface area contributed by atoms with Gasteiger partial charge >= 0.3 is 0 Å². The van der Waals surface area contributed by atoms with Crippen LogP contribution in [0.2, 0.25) is 0 Å². The van der Waals surface area contributed by atoms with E-state index in [1.54, 1.807) is 24.3 Å². The summed E-state index contributed by atoms with van der Waals surface area (Å²) in [6.07, 6.45) is 6.43. The molecule has 0 aliphatic rings. The Morgan fingerprint density at radius 2 is 1.50 bits per heavy atom. The van der Waals surface area contributed by atoms with Crippen LogP contribution in [0, 0.1) is 0 Å². The average molecular weight is 369 g/mol. The third kappa shape index (κ3) is 5.99. The molecule has 0 bridgehead atoms. The molecular weight excluding hydrogens is 340 g/mol. The molecule has 0 amide bonds. The number of allylic oxidation sites excluding steroid dienone is 3. The van der Waals surface area contributed by atoms with Gasteiger partial charge in [-0.3, -0.25) is 0 Å². The molecule has 1 atom stereocenters. The quantitative estimate of drug-likeness (QED) is 0.555. The average Bonchev–Trinajstić information content (AvgIpc) is 2.62. The maximum absolute atomic E-state index is 13.2. The van der Waals surface area contributed by atoms with Crippen molar-refractivity contribution in [3.63, 3.8) is 0 Å². The van der Waals surface area contributed by atoms with Crippen molar-refractivity contribution in [1.29, 1.82) is 0 Å². The molecule has 3 heteroatoms. The highest BCUT2D eigenvalue weighted by Gasteiger charge is 2.25. The molecule has 0 aliphatic carbocycles. The number of sulfone groups is 1. The van der Waals surface area contributed by atoms with Crippen LogP contribution in [-0.4, -0.2) is 13.7 Å². The van der Waals surface area contributed by atoms with Crippen molar-refractivity contribution >= 4 is 9.84 Å². The van der Waals surface area contributed by atoms with Crippen molar-refractivity contribution in [3.8, 4) is 0 Å². The topological polar surface area (TPSA) is 34.1 Å². The lowest BCUT2D eigenvalue weighted by molar-refractivity contribution is 0.587. The fourth-order valence-corrected chi connectivity index (χ4v) is 4.59. The maximum Gasteiger partial charge on any atom is 0.185 e. The normalized spacial score (nSPS) is 13.3. The largest absolute Gasteiger partial charge is 0.223 e. The summed E-state index contributed by atoms with van der Waals surface area (Å²) in [5.74, 6) is 0. The van der Waals surface area contributed by atoms with Gasteiger partial charge in [-0.15, -0.1) is 0 Å². The summed E-state index contributed by atoms with van der Waals surface area (Å²) in [5, 5.41) is -0.556. The lowest BCUT2D eigenvalue weighted by Gasteiger charge is -2.16. The number of hydrogen-bond donors (Lipinski definition) is 0. The molecule has 138 valence electrons. The van der Waals surface area contributed by atoms with E-state index in [0.717, 1.165) is 24.0 Å². The van der Waals surface area contributed by atoms with E-state index in [0.29, 0.717) is 11.3 Å². The van der Waals surface area contributed by atoms with E-state index in [1.165, 1.54) is 5.57 Å². The van der Waals surface area contributed by atoms with Crippen LogP contribution in [0.3, 0.4) is 0 Å². The van der Waals surface area contributed by atoms with Crippen molar-refractivity contribution in [2.24, 2.45) is 0 Å². The molecule has 2 aromatic carbocycles. The third-order valence-corrected chi connectivity index (χ3v) is 6.34. The molecule has 0 radical (unpaired) electrons. The predicted octanol–water partition coefficient (Wildman–Crippen LogP) is 5.76. The first-order valence-electron chi connectivity index (χ1n) is 9.03. The first kappa shape index (κ1) is 20.2. The number of rotatable bonds is 8. The molecule has 2 rings (SSSR count). The molecule has 0 saturated heterocycles. The van der Waals surface area contributed by atoms with Crippen molar-refractivity contribution in [3.05, 3.63) is 89.5 Å². The summed E-state index contributed by atoms with van der Waals surface area (Å²) in [5.41, 5.74) is 3.43. The molecule has 0 aliphatic heterocycles. The molecule has 2 aromatic rings. The van der Waals surface area contributed by atoms with E-state index in [1.807, 2.05) is 49.4 Å². The molecule has 26 heavy (non-hydrogen) atoms. The molecule has 2 nitrogen and oxygen atoms in total. The zero-order valence-electron chi connectivity index (χ0n) is 15.9. The fraction of sp³-hybridized carbons (Fsp3) is 0.304. The fourth-order valence-electron chi connectivity index (χ4n) is 2.88. The number of hydrogen-bond acceptors (Lipinski definition) is 2. The Balaban J connectivity index is 2.31. The monoisotopic (exact) mass is 368 g/mol. The summed E-state index contributed by atoms with van der Waals surface area (Å²) < 4.78 is 26.4. The van der Waals surface area contributed by atoms with Gasteiger partial charge in [0.05, 0.1) is 10.1 Å². The van der Waals surface area contributed by atoms with E-state index in [4.69, 9.17) is 0 Å². The highest BCUT2D eigenvalue weighted by molar-refractivity contribution is 7.92. The number of benzene rings is 2. The first-order valence-corrected chi connectivity index (χ1v) is 10.6. The van der Waals surface area contributed by atoms with Gasteiger partial charge in [-0.05, 0) is 57.7 Å². The molecule has 1 unspecified atom stereocenters. The van der Waals surface area contributed by atoms with Crippen LogP contribution in [0.5, 0.6) is 0 Å². The van der Waals surface area contributed by atoms with Gasteiger partial charge in [0.1, 0.15) is 0 Å². The van der Waals surface area contributed by atoms with Gasteiger partial charge in [-0.1, -0.05) is 71.8 Å². The molecule has 0 fully saturated rings. The van der Waals surface area contributed by atoms with Crippen LogP contribution < -0.4 is 0 Å². The SMILES string of the molecule is CC(C)=CCC/C(C)=C/C(Cc1ccccc1)S(=O)(=O)c1ccccc1. The molecule has 0 spiro atoms. The Hall–Kier alpha value is -2.13. The van der Waals surface area contributed by atoms with E-state index < -0.39 is 15.1 Å².